The molecular formula is C45H41F2N5+2. The standard InChI is InChI=1S/C45H41F2N5/c1-29-14-17-34(18-15-29)50-28-51(38-12-9-8-11-37(38)50)35-24-32(44(5,6)7)23-33(25-35)45(46,47)31-16-19-36-40(26-31)52(39-13-10-21-49-42(36)39)41-27-30(20-22-48-41)43(2,3)4/h8-27H,1-7H3/q+2/i1D3,14D,15D,17D,18D. The highest BCUT2D eigenvalue weighted by Crippen LogP contribution is 2.44. The Balaban J connectivity index is 1.35. The third-order valence-corrected chi connectivity index (χ3v) is 9.53. The molecule has 258 valence electrons. The van der Waals surface area contributed by atoms with Crippen LogP contribution in [0.5, 0.6) is 0 Å². The molecule has 1 aliphatic heterocycles. The Morgan fingerprint density at radius 2 is 1.35 bits per heavy atom. The van der Waals surface area contributed by atoms with Crippen LogP contribution in [0.1, 0.15) is 79.0 Å². The van der Waals surface area contributed by atoms with Crippen molar-refractivity contribution in [3.63, 3.8) is 0 Å². The number of hydrogen-bond acceptors (Lipinski definition) is 2. The molecule has 1 aliphatic rings. The summed E-state index contributed by atoms with van der Waals surface area (Å²) in [5, 5.41) is 0.700. The number of aromatic nitrogens is 3. The number of hydrogen-bond donors (Lipinski definition) is 0. The molecular weight excluding hydrogens is 649 g/mol. The quantitative estimate of drug-likeness (QED) is 0.168. The van der Waals surface area contributed by atoms with Gasteiger partial charge in [0.05, 0.1) is 22.0 Å². The molecule has 0 fully saturated rings. The first-order valence-corrected chi connectivity index (χ1v) is 17.1. The van der Waals surface area contributed by atoms with Gasteiger partial charge in [-0.2, -0.15) is 8.78 Å². The van der Waals surface area contributed by atoms with Gasteiger partial charge in [-0.15, -0.1) is 0 Å². The zero-order valence-electron chi connectivity index (χ0n) is 36.7. The molecule has 4 heterocycles. The van der Waals surface area contributed by atoms with Gasteiger partial charge in [-0.3, -0.25) is 9.55 Å². The lowest BCUT2D eigenvalue weighted by molar-refractivity contribution is 0.0428. The summed E-state index contributed by atoms with van der Waals surface area (Å²) in [5.41, 5.74) is 2.57. The molecule has 0 saturated carbocycles. The minimum absolute atomic E-state index is 0.184. The molecule has 0 aliphatic carbocycles. The molecule has 0 bridgehead atoms. The molecule has 7 heteroatoms. The van der Waals surface area contributed by atoms with Crippen LogP contribution in [0, 0.1) is 6.85 Å². The molecule has 4 aromatic carbocycles. The minimum Gasteiger partial charge on any atom is -0.292 e. The highest BCUT2D eigenvalue weighted by atomic mass is 19.3. The third kappa shape index (κ3) is 5.62. The zero-order chi connectivity index (χ0) is 42.6. The molecule has 0 atom stereocenters. The predicted octanol–water partition coefficient (Wildman–Crippen LogP) is 11.5. The molecule has 3 aromatic heterocycles. The molecule has 0 N–H and O–H groups in total. The van der Waals surface area contributed by atoms with E-state index in [2.05, 4.69) is 36.7 Å². The monoisotopic (exact) mass is 696 g/mol. The van der Waals surface area contributed by atoms with E-state index in [4.69, 9.17) is 9.60 Å². The van der Waals surface area contributed by atoms with E-state index < -0.39 is 47.9 Å². The Hall–Kier alpha value is -5.78. The fourth-order valence-corrected chi connectivity index (χ4v) is 6.64. The number of rotatable bonds is 5. The van der Waals surface area contributed by atoms with Crippen molar-refractivity contribution in [1.29, 1.82) is 0 Å². The Morgan fingerprint density at radius 3 is 2.04 bits per heavy atom. The summed E-state index contributed by atoms with van der Waals surface area (Å²) < 4.78 is 97.8. The fourth-order valence-electron chi connectivity index (χ4n) is 6.64. The van der Waals surface area contributed by atoms with Crippen molar-refractivity contribution in [3.05, 3.63) is 149 Å². The lowest BCUT2D eigenvalue weighted by Gasteiger charge is -2.23. The molecule has 0 saturated heterocycles. The number of halogens is 2. The maximum atomic E-state index is 17.4. The molecule has 7 aromatic rings. The first-order chi connectivity index (χ1) is 27.6. The van der Waals surface area contributed by atoms with Gasteiger partial charge in [0.1, 0.15) is 5.82 Å². The maximum absolute atomic E-state index is 17.4. The average molecular weight is 697 g/mol. The molecule has 8 rings (SSSR count). The van der Waals surface area contributed by atoms with Gasteiger partial charge < -0.3 is 0 Å². The van der Waals surface area contributed by atoms with Crippen molar-refractivity contribution in [2.75, 3.05) is 0 Å². The second-order valence-corrected chi connectivity index (χ2v) is 15.2. The van der Waals surface area contributed by atoms with Gasteiger partial charge in [0.2, 0.25) is 11.4 Å². The first kappa shape index (κ1) is 26.1. The number of nitrogens with zero attached hydrogens (tertiary/aromatic N) is 5. The number of fused-ring (bicyclic) bond motifs is 4. The van der Waals surface area contributed by atoms with E-state index in [-0.39, 0.29) is 22.2 Å². The topological polar surface area (TPSA) is 36.7 Å². The summed E-state index contributed by atoms with van der Waals surface area (Å²) in [6.45, 7) is 9.21. The van der Waals surface area contributed by atoms with Crippen LogP contribution in [0.15, 0.2) is 121 Å². The number of para-hydroxylation sites is 2. The maximum Gasteiger partial charge on any atom is 0.503 e. The van der Waals surface area contributed by atoms with Gasteiger partial charge in [0.25, 0.3) is 17.3 Å². The first-order valence-electron chi connectivity index (χ1n) is 20.6. The van der Waals surface area contributed by atoms with Crippen molar-refractivity contribution in [2.45, 2.75) is 65.1 Å². The third-order valence-electron chi connectivity index (χ3n) is 9.53. The molecule has 52 heavy (non-hydrogen) atoms. The Labute approximate surface area is 312 Å². The van der Waals surface area contributed by atoms with E-state index in [1.165, 1.54) is 28.8 Å². The molecule has 5 nitrogen and oxygen atoms in total. The van der Waals surface area contributed by atoms with E-state index in [0.29, 0.717) is 44.9 Å². The highest BCUT2D eigenvalue weighted by molar-refractivity contribution is 6.07. The second kappa shape index (κ2) is 11.9. The van der Waals surface area contributed by atoms with E-state index >= 15 is 8.78 Å². The highest BCUT2D eigenvalue weighted by Gasteiger charge is 2.41. The van der Waals surface area contributed by atoms with Crippen LogP contribution in [-0.2, 0) is 16.8 Å². The fraction of sp³-hybridized carbons (Fsp3) is 0.222. The van der Waals surface area contributed by atoms with Gasteiger partial charge in [-0.05, 0) is 74.4 Å². The van der Waals surface area contributed by atoms with Gasteiger partial charge in [-0.1, -0.05) is 83.5 Å². The van der Waals surface area contributed by atoms with Crippen LogP contribution in [0.25, 0.3) is 27.8 Å². The summed E-state index contributed by atoms with van der Waals surface area (Å²) in [6.07, 6.45) is 3.41. The van der Waals surface area contributed by atoms with Gasteiger partial charge in [-0.25, -0.2) is 4.98 Å². The second-order valence-electron chi connectivity index (χ2n) is 15.2. The number of pyridine rings is 2. The Morgan fingerprint density at radius 1 is 0.654 bits per heavy atom. The van der Waals surface area contributed by atoms with Gasteiger partial charge in [0, 0.05) is 69.4 Å². The van der Waals surface area contributed by atoms with Crippen LogP contribution in [0.2, 0.25) is 0 Å². The van der Waals surface area contributed by atoms with Crippen LogP contribution >= 0.6 is 0 Å². The Bertz CT molecular complexity index is 2940. The van der Waals surface area contributed by atoms with Crippen molar-refractivity contribution < 1.29 is 18.4 Å². The molecule has 0 spiro atoms. The van der Waals surface area contributed by atoms with Crippen molar-refractivity contribution in [2.24, 2.45) is 0 Å². The number of benzene rings is 4. The van der Waals surface area contributed by atoms with Gasteiger partial charge >= 0.3 is 6.01 Å². The van der Waals surface area contributed by atoms with Crippen molar-refractivity contribution in [3.8, 4) is 5.82 Å². The predicted molar refractivity (Wildman–Crippen MR) is 209 cm³/mol. The van der Waals surface area contributed by atoms with Crippen LogP contribution < -0.4 is 9.15 Å². The van der Waals surface area contributed by atoms with Crippen LogP contribution in [0.4, 0.5) is 31.5 Å². The smallest absolute Gasteiger partial charge is 0.292 e. The van der Waals surface area contributed by atoms with Crippen LogP contribution in [-0.4, -0.2) is 20.5 Å². The normalized spacial score (nSPS) is 15.6. The largest absolute Gasteiger partial charge is 0.503 e. The van der Waals surface area contributed by atoms with E-state index in [1.807, 2.05) is 49.6 Å². The van der Waals surface area contributed by atoms with Crippen LogP contribution in [0.3, 0.4) is 0 Å². The lowest BCUT2D eigenvalue weighted by Crippen LogP contribution is -2.19. The average Bonchev–Trinajstić information content (AvgIpc) is 3.72. The van der Waals surface area contributed by atoms with E-state index in [0.717, 1.165) is 11.1 Å². The van der Waals surface area contributed by atoms with Crippen molar-refractivity contribution >= 4 is 50.7 Å². The summed E-state index contributed by atoms with van der Waals surface area (Å²) in [5.74, 6) is -2.94. The Kier molecular flexibility index (Phi) is 5.96. The van der Waals surface area contributed by atoms with Crippen molar-refractivity contribution in [1.82, 2.24) is 23.7 Å². The lowest BCUT2D eigenvalue weighted by atomic mass is 9.84. The molecule has 0 unspecified atom stereocenters. The van der Waals surface area contributed by atoms with Gasteiger partial charge in [0.15, 0.2) is 0 Å². The summed E-state index contributed by atoms with van der Waals surface area (Å²) in [7, 11) is 0. The molecule has 0 radical (unpaired) electrons. The summed E-state index contributed by atoms with van der Waals surface area (Å²) in [6, 6.07) is 24.4. The number of alkyl halides is 2. The SMILES string of the molecule is [2H]c1c([2H])c(C([2H])([2H])[2H])c([2H])c([2H])c1[N+]1=C=[N+](c2cc(C(C)(C)C)cc(C(F)(F)c3ccc4c5ncccc5n(-c5cc(C(C)(C)C)ccn5)c4c3)c2)c2ccccc21. The zero-order valence-corrected chi connectivity index (χ0v) is 29.7. The van der Waals surface area contributed by atoms with E-state index in [1.54, 1.807) is 53.4 Å². The minimum atomic E-state index is -3.52. The summed E-state index contributed by atoms with van der Waals surface area (Å²) >= 11 is 0. The molecule has 0 amide bonds. The summed E-state index contributed by atoms with van der Waals surface area (Å²) in [4.78, 5) is 9.31. The van der Waals surface area contributed by atoms with E-state index in [9.17, 15) is 0 Å².